The van der Waals surface area contributed by atoms with Crippen molar-refractivity contribution in [3.05, 3.63) is 23.8 Å². The largest absolute Gasteiger partial charge is 0.295 e. The van der Waals surface area contributed by atoms with Gasteiger partial charge in [-0.1, -0.05) is 38.5 Å². The molecule has 1 nitrogen and oxygen atoms in total. The second kappa shape index (κ2) is 4.57. The summed E-state index contributed by atoms with van der Waals surface area (Å²) in [6, 6.07) is 0. The highest BCUT2D eigenvalue weighted by atomic mass is 16.1. The minimum absolute atomic E-state index is 0.142. The first-order valence-electron chi connectivity index (χ1n) is 8.91. The Balaban J connectivity index is 1.71. The zero-order chi connectivity index (χ0) is 14.8. The van der Waals surface area contributed by atoms with Gasteiger partial charge in [0, 0.05) is 5.92 Å². The van der Waals surface area contributed by atoms with Crippen LogP contribution in [0.5, 0.6) is 0 Å². The van der Waals surface area contributed by atoms with Crippen molar-refractivity contribution in [1.29, 1.82) is 0 Å². The molecule has 0 spiro atoms. The molecule has 0 aromatic rings. The summed E-state index contributed by atoms with van der Waals surface area (Å²) >= 11 is 0. The van der Waals surface area contributed by atoms with E-state index in [4.69, 9.17) is 0 Å². The van der Waals surface area contributed by atoms with Crippen LogP contribution in [0.25, 0.3) is 0 Å². The zero-order valence-electron chi connectivity index (χ0n) is 13.6. The van der Waals surface area contributed by atoms with Crippen LogP contribution in [0.1, 0.15) is 52.9 Å². The van der Waals surface area contributed by atoms with Crippen molar-refractivity contribution in [2.45, 2.75) is 52.9 Å². The molecule has 0 aromatic carbocycles. The van der Waals surface area contributed by atoms with Crippen LogP contribution in [-0.2, 0) is 4.79 Å². The molecule has 4 aliphatic rings. The molecule has 114 valence electrons. The van der Waals surface area contributed by atoms with E-state index in [1.165, 1.54) is 37.7 Å². The van der Waals surface area contributed by atoms with Gasteiger partial charge in [-0.15, -0.1) is 0 Å². The second-order valence-corrected chi connectivity index (χ2v) is 8.58. The quantitative estimate of drug-likeness (QED) is 0.585. The Morgan fingerprint density at radius 2 is 1.90 bits per heavy atom. The molecule has 2 saturated carbocycles. The molecule has 0 aromatic heterocycles. The van der Waals surface area contributed by atoms with E-state index >= 15 is 0 Å². The van der Waals surface area contributed by atoms with Crippen LogP contribution in [-0.4, -0.2) is 5.78 Å². The van der Waals surface area contributed by atoms with Gasteiger partial charge in [0.1, 0.15) is 0 Å². The first kappa shape index (κ1) is 13.8. The summed E-state index contributed by atoms with van der Waals surface area (Å²) in [4.78, 5) is 12.3. The van der Waals surface area contributed by atoms with Crippen LogP contribution in [0.4, 0.5) is 0 Å². The van der Waals surface area contributed by atoms with E-state index in [9.17, 15) is 4.79 Å². The van der Waals surface area contributed by atoms with Crippen LogP contribution < -0.4 is 0 Å². The van der Waals surface area contributed by atoms with E-state index in [0.29, 0.717) is 11.7 Å². The summed E-state index contributed by atoms with van der Waals surface area (Å²) in [5, 5.41) is 0. The van der Waals surface area contributed by atoms with E-state index in [-0.39, 0.29) is 11.3 Å². The standard InChI is InChI=1S/C20H28O/c1-12-18(21)11-14-8-9-16-15-6-4-5-13(15)7-10-17(16)19(14)20(12,2)3/h4-5,11-13,15-17,19H,6-10H2,1-3H3. The first-order valence-corrected chi connectivity index (χ1v) is 8.91. The van der Waals surface area contributed by atoms with E-state index in [1.54, 1.807) is 0 Å². The number of hydrogen-bond donors (Lipinski definition) is 0. The smallest absolute Gasteiger partial charge is 0.159 e. The highest BCUT2D eigenvalue weighted by Crippen LogP contribution is 2.60. The molecule has 1 heteroatoms. The SMILES string of the molecule is CC1C(=O)C=C2CCC3C4CC=CC4CCC3C2C1(C)C. The average molecular weight is 284 g/mol. The van der Waals surface area contributed by atoms with Crippen molar-refractivity contribution >= 4 is 5.78 Å². The normalized spacial score (nSPS) is 47.4. The molecule has 0 amide bonds. The lowest BCUT2D eigenvalue weighted by molar-refractivity contribution is -0.125. The molecule has 6 atom stereocenters. The van der Waals surface area contributed by atoms with Crippen molar-refractivity contribution in [2.75, 3.05) is 0 Å². The van der Waals surface area contributed by atoms with Crippen LogP contribution in [0.2, 0.25) is 0 Å². The lowest BCUT2D eigenvalue weighted by Gasteiger charge is -2.55. The van der Waals surface area contributed by atoms with Crippen molar-refractivity contribution in [1.82, 2.24) is 0 Å². The maximum atomic E-state index is 12.3. The van der Waals surface area contributed by atoms with Gasteiger partial charge in [-0.25, -0.2) is 0 Å². The third-order valence-electron chi connectivity index (χ3n) is 7.54. The van der Waals surface area contributed by atoms with E-state index in [1.807, 2.05) is 6.08 Å². The van der Waals surface area contributed by atoms with Gasteiger partial charge in [0.15, 0.2) is 5.78 Å². The van der Waals surface area contributed by atoms with Gasteiger partial charge in [0.05, 0.1) is 0 Å². The third-order valence-corrected chi connectivity index (χ3v) is 7.54. The highest BCUT2D eigenvalue weighted by molar-refractivity contribution is 5.94. The van der Waals surface area contributed by atoms with Gasteiger partial charge >= 0.3 is 0 Å². The Labute approximate surface area is 128 Å². The number of hydrogen-bond acceptors (Lipinski definition) is 1. The van der Waals surface area contributed by atoms with Gasteiger partial charge in [-0.2, -0.15) is 0 Å². The monoisotopic (exact) mass is 284 g/mol. The Bertz CT molecular complexity index is 524. The maximum absolute atomic E-state index is 12.3. The highest BCUT2D eigenvalue weighted by Gasteiger charge is 2.53. The minimum atomic E-state index is 0.142. The van der Waals surface area contributed by atoms with Crippen molar-refractivity contribution < 1.29 is 4.79 Å². The molecule has 0 heterocycles. The maximum Gasteiger partial charge on any atom is 0.159 e. The Morgan fingerprint density at radius 1 is 1.10 bits per heavy atom. The Morgan fingerprint density at radius 3 is 2.71 bits per heavy atom. The fourth-order valence-electron chi connectivity index (χ4n) is 6.19. The number of ketones is 1. The topological polar surface area (TPSA) is 17.1 Å². The van der Waals surface area contributed by atoms with E-state index < -0.39 is 0 Å². The number of rotatable bonds is 0. The number of carbonyl (C=O) groups excluding carboxylic acids is 1. The van der Waals surface area contributed by atoms with Crippen molar-refractivity contribution in [3.63, 3.8) is 0 Å². The zero-order valence-corrected chi connectivity index (χ0v) is 13.6. The number of carbonyl (C=O) groups is 1. The molecule has 0 saturated heterocycles. The predicted octanol–water partition coefficient (Wildman–Crippen LogP) is 4.79. The predicted molar refractivity (Wildman–Crippen MR) is 85.7 cm³/mol. The Kier molecular flexibility index (Phi) is 3.00. The summed E-state index contributed by atoms with van der Waals surface area (Å²) in [7, 11) is 0. The Hall–Kier alpha value is -0.850. The lowest BCUT2D eigenvalue weighted by atomic mass is 9.49. The summed E-state index contributed by atoms with van der Waals surface area (Å²) < 4.78 is 0. The first-order chi connectivity index (χ1) is 10.00. The molecule has 4 rings (SSSR count). The van der Waals surface area contributed by atoms with Crippen LogP contribution in [0.15, 0.2) is 23.8 Å². The third kappa shape index (κ3) is 1.85. The minimum Gasteiger partial charge on any atom is -0.295 e. The van der Waals surface area contributed by atoms with Crippen LogP contribution in [0, 0.1) is 40.9 Å². The fourth-order valence-corrected chi connectivity index (χ4v) is 6.19. The second-order valence-electron chi connectivity index (χ2n) is 8.58. The van der Waals surface area contributed by atoms with Crippen molar-refractivity contribution in [2.24, 2.45) is 40.9 Å². The van der Waals surface area contributed by atoms with Gasteiger partial charge in [-0.05, 0) is 73.2 Å². The van der Waals surface area contributed by atoms with E-state index in [2.05, 4.69) is 32.9 Å². The van der Waals surface area contributed by atoms with Gasteiger partial charge in [0.2, 0.25) is 0 Å². The molecule has 2 fully saturated rings. The molecule has 0 bridgehead atoms. The molecular weight excluding hydrogens is 256 g/mol. The molecular formula is C20H28O. The lowest BCUT2D eigenvalue weighted by Crippen LogP contribution is -2.50. The van der Waals surface area contributed by atoms with E-state index in [0.717, 1.165) is 23.7 Å². The summed E-state index contributed by atoms with van der Waals surface area (Å²) in [5.74, 6) is 4.73. The molecule has 0 aliphatic heterocycles. The summed E-state index contributed by atoms with van der Waals surface area (Å²) in [6.45, 7) is 6.87. The average Bonchev–Trinajstić information content (AvgIpc) is 2.93. The molecule has 0 N–H and O–H groups in total. The number of allylic oxidation sites excluding steroid dienone is 4. The summed E-state index contributed by atoms with van der Waals surface area (Å²) in [6.07, 6.45) is 13.5. The van der Waals surface area contributed by atoms with Gasteiger partial charge in [0.25, 0.3) is 0 Å². The van der Waals surface area contributed by atoms with Gasteiger partial charge in [-0.3, -0.25) is 4.79 Å². The van der Waals surface area contributed by atoms with Gasteiger partial charge < -0.3 is 0 Å². The summed E-state index contributed by atoms with van der Waals surface area (Å²) in [5.41, 5.74) is 1.64. The molecule has 21 heavy (non-hydrogen) atoms. The molecule has 0 radical (unpaired) electrons. The molecule has 4 aliphatic carbocycles. The van der Waals surface area contributed by atoms with Crippen molar-refractivity contribution in [3.8, 4) is 0 Å². The fraction of sp³-hybridized carbons (Fsp3) is 0.750. The molecule has 6 unspecified atom stereocenters. The van der Waals surface area contributed by atoms with Crippen LogP contribution >= 0.6 is 0 Å². The number of fused-ring (bicyclic) bond motifs is 5. The van der Waals surface area contributed by atoms with Crippen LogP contribution in [0.3, 0.4) is 0 Å².